The Bertz CT molecular complexity index is 1090. The van der Waals surface area contributed by atoms with Gasteiger partial charge in [-0.2, -0.15) is 0 Å². The van der Waals surface area contributed by atoms with Crippen LogP contribution in [0.1, 0.15) is 16.3 Å². The first kappa shape index (κ1) is 18.5. The Kier molecular flexibility index (Phi) is 5.10. The zero-order chi connectivity index (χ0) is 20.2. The summed E-state index contributed by atoms with van der Waals surface area (Å²) in [5, 5.41) is 5.49. The second kappa shape index (κ2) is 8.01. The van der Waals surface area contributed by atoms with Crippen LogP contribution in [0.15, 0.2) is 64.1 Å². The van der Waals surface area contributed by atoms with E-state index in [2.05, 4.69) is 15.6 Å². The lowest BCUT2D eigenvalue weighted by Gasteiger charge is -2.27. The number of furan rings is 1. The summed E-state index contributed by atoms with van der Waals surface area (Å²) >= 11 is 0. The van der Waals surface area contributed by atoms with Crippen LogP contribution in [-0.2, 0) is 11.3 Å². The van der Waals surface area contributed by atoms with Crippen molar-refractivity contribution in [2.24, 2.45) is 0 Å². The average molecular weight is 393 g/mol. The van der Waals surface area contributed by atoms with Crippen molar-refractivity contribution in [3.63, 3.8) is 0 Å². The summed E-state index contributed by atoms with van der Waals surface area (Å²) in [4.78, 5) is 41.9. The molecule has 1 saturated heterocycles. The van der Waals surface area contributed by atoms with Crippen molar-refractivity contribution in [3.8, 4) is 0 Å². The molecule has 0 bridgehead atoms. The molecular formula is C20H19N5O4. The summed E-state index contributed by atoms with van der Waals surface area (Å²) in [6, 6.07) is 11.6. The molecule has 0 spiro atoms. The van der Waals surface area contributed by atoms with Crippen molar-refractivity contribution in [2.75, 3.05) is 29.9 Å². The fraction of sp³-hybridized carbons (Fsp3) is 0.200. The molecule has 0 radical (unpaired) electrons. The monoisotopic (exact) mass is 393 g/mol. The predicted octanol–water partition coefficient (Wildman–Crippen LogP) is 1.07. The van der Waals surface area contributed by atoms with Crippen LogP contribution in [0.5, 0.6) is 0 Å². The van der Waals surface area contributed by atoms with Gasteiger partial charge in [0.25, 0.3) is 11.5 Å². The molecule has 4 heterocycles. The van der Waals surface area contributed by atoms with E-state index in [-0.39, 0.29) is 30.3 Å². The van der Waals surface area contributed by atoms with Crippen molar-refractivity contribution >= 4 is 23.3 Å². The minimum Gasteiger partial charge on any atom is -0.454 e. The fourth-order valence-electron chi connectivity index (χ4n) is 3.02. The summed E-state index contributed by atoms with van der Waals surface area (Å²) in [5.74, 6) is 0.859. The van der Waals surface area contributed by atoms with Gasteiger partial charge in [0.1, 0.15) is 11.6 Å². The first-order valence-electron chi connectivity index (χ1n) is 9.12. The normalized spacial score (nSPS) is 13.8. The number of rotatable bonds is 5. The van der Waals surface area contributed by atoms with Crippen LogP contribution >= 0.6 is 0 Å². The van der Waals surface area contributed by atoms with E-state index in [0.29, 0.717) is 30.4 Å². The Morgan fingerprint density at radius 1 is 1.17 bits per heavy atom. The Hall–Kier alpha value is -3.88. The largest absolute Gasteiger partial charge is 0.454 e. The van der Waals surface area contributed by atoms with E-state index >= 15 is 0 Å². The lowest BCUT2D eigenvalue weighted by atomic mass is 10.3. The quantitative estimate of drug-likeness (QED) is 0.671. The van der Waals surface area contributed by atoms with Gasteiger partial charge in [-0.15, -0.1) is 0 Å². The number of piperazine rings is 1. The molecule has 0 aliphatic carbocycles. The molecule has 4 rings (SSSR count). The van der Waals surface area contributed by atoms with Gasteiger partial charge in [0, 0.05) is 25.4 Å². The minimum atomic E-state index is -0.413. The molecule has 0 aromatic carbocycles. The van der Waals surface area contributed by atoms with E-state index in [1.165, 1.54) is 16.8 Å². The fourth-order valence-corrected chi connectivity index (χ4v) is 3.02. The molecule has 2 N–H and O–H groups in total. The van der Waals surface area contributed by atoms with Gasteiger partial charge in [-0.05, 0) is 30.3 Å². The summed E-state index contributed by atoms with van der Waals surface area (Å²) in [7, 11) is 0. The number of pyridine rings is 2. The van der Waals surface area contributed by atoms with E-state index in [0.717, 1.165) is 0 Å². The topological polar surface area (TPSA) is 109 Å². The first-order chi connectivity index (χ1) is 14.1. The van der Waals surface area contributed by atoms with Crippen LogP contribution in [-0.4, -0.2) is 41.0 Å². The molecule has 1 fully saturated rings. The number of carbonyl (C=O) groups excluding carboxylic acids is 2. The van der Waals surface area contributed by atoms with Crippen LogP contribution in [0, 0.1) is 0 Å². The highest BCUT2D eigenvalue weighted by Gasteiger charge is 2.18. The van der Waals surface area contributed by atoms with Crippen molar-refractivity contribution < 1.29 is 14.0 Å². The van der Waals surface area contributed by atoms with Gasteiger partial charge in [-0.3, -0.25) is 14.4 Å². The number of carbonyl (C=O) groups is 2. The summed E-state index contributed by atoms with van der Waals surface area (Å²) in [5.41, 5.74) is 0.365. The molecule has 3 aromatic heterocycles. The Labute approximate surface area is 166 Å². The first-order valence-corrected chi connectivity index (χ1v) is 9.12. The number of amides is 2. The van der Waals surface area contributed by atoms with Crippen molar-refractivity contribution in [2.45, 2.75) is 6.54 Å². The molecule has 9 heteroatoms. The van der Waals surface area contributed by atoms with Crippen LogP contribution in [0.2, 0.25) is 0 Å². The van der Waals surface area contributed by atoms with Gasteiger partial charge in [-0.25, -0.2) is 4.98 Å². The molecule has 0 unspecified atom stereocenters. The molecule has 9 nitrogen and oxygen atoms in total. The van der Waals surface area contributed by atoms with Crippen LogP contribution in [0.3, 0.4) is 0 Å². The molecule has 0 saturated carbocycles. The zero-order valence-electron chi connectivity index (χ0n) is 15.5. The Morgan fingerprint density at radius 3 is 2.83 bits per heavy atom. The van der Waals surface area contributed by atoms with Crippen molar-refractivity contribution in [1.82, 2.24) is 14.9 Å². The lowest BCUT2D eigenvalue weighted by Crippen LogP contribution is -2.48. The molecule has 3 aromatic rings. The zero-order valence-corrected chi connectivity index (χ0v) is 15.5. The summed E-state index contributed by atoms with van der Waals surface area (Å²) in [6.45, 7) is 1.77. The lowest BCUT2D eigenvalue weighted by molar-refractivity contribution is -0.120. The van der Waals surface area contributed by atoms with E-state index in [1.54, 1.807) is 42.6 Å². The van der Waals surface area contributed by atoms with Gasteiger partial charge in [0.15, 0.2) is 5.76 Å². The third-order valence-corrected chi connectivity index (χ3v) is 4.48. The van der Waals surface area contributed by atoms with Gasteiger partial charge < -0.3 is 24.5 Å². The maximum absolute atomic E-state index is 12.4. The van der Waals surface area contributed by atoms with Crippen molar-refractivity contribution in [1.29, 1.82) is 0 Å². The number of anilines is 2. The smallest absolute Gasteiger partial charge is 0.291 e. The molecule has 1 aliphatic heterocycles. The SMILES string of the molecule is O=C1CN(c2ccc(NC(=O)c3ccc(Cn4ccccc4=O)o3)cn2)CCN1. The standard InChI is InChI=1S/C20H19N5O4/c26-18-13-24(10-8-21-18)17-7-4-14(11-22-17)23-20(28)16-6-5-15(29-16)12-25-9-2-1-3-19(25)27/h1-7,9,11H,8,10,12-13H2,(H,21,26)(H,23,28). The highest BCUT2D eigenvalue weighted by molar-refractivity contribution is 6.02. The third kappa shape index (κ3) is 4.34. The number of hydrogen-bond donors (Lipinski definition) is 2. The molecule has 148 valence electrons. The number of hydrogen-bond acceptors (Lipinski definition) is 6. The molecule has 0 atom stereocenters. The third-order valence-electron chi connectivity index (χ3n) is 4.48. The molecule has 2 amide bonds. The van der Waals surface area contributed by atoms with Crippen LogP contribution in [0.25, 0.3) is 0 Å². The van der Waals surface area contributed by atoms with Crippen molar-refractivity contribution in [3.05, 3.63) is 76.7 Å². The van der Waals surface area contributed by atoms with E-state index in [9.17, 15) is 14.4 Å². The molecular weight excluding hydrogens is 374 g/mol. The van der Waals surface area contributed by atoms with Gasteiger partial charge in [0.05, 0.1) is 25.0 Å². The summed E-state index contributed by atoms with van der Waals surface area (Å²) in [6.07, 6.45) is 3.19. The van der Waals surface area contributed by atoms with Gasteiger partial charge in [-0.1, -0.05) is 6.07 Å². The van der Waals surface area contributed by atoms with Gasteiger partial charge in [0.2, 0.25) is 5.91 Å². The van der Waals surface area contributed by atoms with Crippen LogP contribution in [0.4, 0.5) is 11.5 Å². The average Bonchev–Trinajstić information content (AvgIpc) is 3.19. The number of nitrogens with one attached hydrogen (secondary N) is 2. The Morgan fingerprint density at radius 2 is 2.07 bits per heavy atom. The highest BCUT2D eigenvalue weighted by Crippen LogP contribution is 2.16. The maximum Gasteiger partial charge on any atom is 0.291 e. The van der Waals surface area contributed by atoms with Crippen LogP contribution < -0.4 is 21.1 Å². The second-order valence-corrected chi connectivity index (χ2v) is 6.56. The Balaban J connectivity index is 1.39. The molecule has 1 aliphatic rings. The van der Waals surface area contributed by atoms with E-state index in [1.807, 2.05) is 4.90 Å². The number of nitrogens with zero attached hydrogens (tertiary/aromatic N) is 3. The highest BCUT2D eigenvalue weighted by atomic mass is 16.4. The number of aromatic nitrogens is 2. The predicted molar refractivity (Wildman–Crippen MR) is 106 cm³/mol. The maximum atomic E-state index is 12.4. The van der Waals surface area contributed by atoms with Gasteiger partial charge >= 0.3 is 0 Å². The van der Waals surface area contributed by atoms with E-state index < -0.39 is 5.91 Å². The second-order valence-electron chi connectivity index (χ2n) is 6.56. The summed E-state index contributed by atoms with van der Waals surface area (Å²) < 4.78 is 7.05. The molecule has 29 heavy (non-hydrogen) atoms. The van der Waals surface area contributed by atoms with E-state index in [4.69, 9.17) is 4.42 Å². The minimum absolute atomic E-state index is 0.0400.